The molecule has 0 radical (unpaired) electrons. The van der Waals surface area contributed by atoms with Gasteiger partial charge < -0.3 is 15.7 Å². The predicted molar refractivity (Wildman–Crippen MR) is 73.1 cm³/mol. The molecule has 3 N–H and O–H groups in total. The number of urea groups is 1. The first-order valence-corrected chi connectivity index (χ1v) is 7.39. The molecule has 1 saturated carbocycles. The fourth-order valence-electron chi connectivity index (χ4n) is 2.39. The molecule has 6 heteroatoms. The van der Waals surface area contributed by atoms with Crippen LogP contribution in [0.4, 0.5) is 4.79 Å². The molecule has 2 rings (SSSR count). The Kier molecular flexibility index (Phi) is 4.79. The van der Waals surface area contributed by atoms with Crippen LogP contribution in [0.3, 0.4) is 0 Å². The standard InChI is InChI=1S/C13H18N2O3S/c16-12(17)10-3-1-2-4-11(10)15-13(18)14-7-9-5-6-19-8-9/h5-6,8,10-11H,1-4,7H2,(H,16,17)(H2,14,15,18). The maximum absolute atomic E-state index is 11.8. The zero-order chi connectivity index (χ0) is 13.7. The zero-order valence-corrected chi connectivity index (χ0v) is 11.4. The first kappa shape index (κ1) is 13.9. The van der Waals surface area contributed by atoms with Crippen LogP contribution in [0.1, 0.15) is 31.2 Å². The van der Waals surface area contributed by atoms with E-state index < -0.39 is 11.9 Å². The molecule has 2 amide bonds. The summed E-state index contributed by atoms with van der Waals surface area (Å²) < 4.78 is 0. The number of carbonyl (C=O) groups excluding carboxylic acids is 1. The summed E-state index contributed by atoms with van der Waals surface area (Å²) in [7, 11) is 0. The lowest BCUT2D eigenvalue weighted by Crippen LogP contribution is -2.48. The van der Waals surface area contributed by atoms with Crippen LogP contribution < -0.4 is 10.6 Å². The molecule has 1 aliphatic carbocycles. The van der Waals surface area contributed by atoms with E-state index in [9.17, 15) is 9.59 Å². The summed E-state index contributed by atoms with van der Waals surface area (Å²) >= 11 is 1.58. The van der Waals surface area contributed by atoms with Gasteiger partial charge in [0.1, 0.15) is 0 Å². The van der Waals surface area contributed by atoms with Crippen molar-refractivity contribution in [2.75, 3.05) is 0 Å². The van der Waals surface area contributed by atoms with Crippen molar-refractivity contribution in [3.8, 4) is 0 Å². The molecule has 0 aliphatic heterocycles. The normalized spacial score (nSPS) is 22.7. The summed E-state index contributed by atoms with van der Waals surface area (Å²) in [6.07, 6.45) is 3.28. The first-order chi connectivity index (χ1) is 9.16. The largest absolute Gasteiger partial charge is 0.481 e. The number of thiophene rings is 1. The summed E-state index contributed by atoms with van der Waals surface area (Å²) in [6.45, 7) is 0.472. The fourth-order valence-corrected chi connectivity index (χ4v) is 3.06. The highest BCUT2D eigenvalue weighted by molar-refractivity contribution is 7.07. The molecular formula is C13H18N2O3S. The van der Waals surface area contributed by atoms with Crippen LogP contribution in [-0.2, 0) is 11.3 Å². The third-order valence-corrected chi connectivity index (χ3v) is 4.16. The highest BCUT2D eigenvalue weighted by Crippen LogP contribution is 2.24. The Bertz CT molecular complexity index is 433. The van der Waals surface area contributed by atoms with Gasteiger partial charge in [0.15, 0.2) is 0 Å². The number of hydrogen-bond donors (Lipinski definition) is 3. The monoisotopic (exact) mass is 282 g/mol. The average Bonchev–Trinajstić information content (AvgIpc) is 2.90. The van der Waals surface area contributed by atoms with E-state index in [0.717, 1.165) is 24.8 Å². The molecular weight excluding hydrogens is 264 g/mol. The average molecular weight is 282 g/mol. The number of carbonyl (C=O) groups is 2. The number of aliphatic carboxylic acids is 1. The second-order valence-electron chi connectivity index (χ2n) is 4.79. The topological polar surface area (TPSA) is 78.4 Å². The molecule has 1 fully saturated rings. The van der Waals surface area contributed by atoms with Crippen molar-refractivity contribution >= 4 is 23.3 Å². The van der Waals surface area contributed by atoms with Crippen molar-refractivity contribution in [1.82, 2.24) is 10.6 Å². The van der Waals surface area contributed by atoms with Gasteiger partial charge in [-0.05, 0) is 35.2 Å². The van der Waals surface area contributed by atoms with Crippen molar-refractivity contribution in [3.05, 3.63) is 22.4 Å². The van der Waals surface area contributed by atoms with Crippen LogP contribution >= 0.6 is 11.3 Å². The molecule has 1 aliphatic rings. The van der Waals surface area contributed by atoms with Gasteiger partial charge in [-0.2, -0.15) is 11.3 Å². The maximum Gasteiger partial charge on any atom is 0.315 e. The molecule has 104 valence electrons. The second kappa shape index (κ2) is 6.56. The molecule has 0 spiro atoms. The summed E-state index contributed by atoms with van der Waals surface area (Å²) in [6, 6.07) is 1.41. The van der Waals surface area contributed by atoms with Gasteiger partial charge >= 0.3 is 12.0 Å². The molecule has 19 heavy (non-hydrogen) atoms. The SMILES string of the molecule is O=C(NCc1ccsc1)NC1CCCCC1C(=O)O. The first-order valence-electron chi connectivity index (χ1n) is 6.45. The molecule has 2 unspecified atom stereocenters. The van der Waals surface area contributed by atoms with Crippen LogP contribution in [0.5, 0.6) is 0 Å². The van der Waals surface area contributed by atoms with Gasteiger partial charge in [-0.1, -0.05) is 12.8 Å². The Labute approximate surface area is 116 Å². The Morgan fingerprint density at radius 1 is 1.37 bits per heavy atom. The van der Waals surface area contributed by atoms with Crippen molar-refractivity contribution in [2.45, 2.75) is 38.3 Å². The number of rotatable bonds is 4. The Hall–Kier alpha value is -1.56. The highest BCUT2D eigenvalue weighted by Gasteiger charge is 2.31. The molecule has 0 aromatic carbocycles. The van der Waals surface area contributed by atoms with Crippen molar-refractivity contribution in [1.29, 1.82) is 0 Å². The minimum atomic E-state index is -0.817. The smallest absolute Gasteiger partial charge is 0.315 e. The van der Waals surface area contributed by atoms with Gasteiger partial charge in [-0.3, -0.25) is 4.79 Å². The summed E-state index contributed by atoms with van der Waals surface area (Å²) in [5, 5.41) is 18.6. The van der Waals surface area contributed by atoms with Crippen molar-refractivity contribution < 1.29 is 14.7 Å². The summed E-state index contributed by atoms with van der Waals surface area (Å²) in [5.74, 6) is -1.27. The van der Waals surface area contributed by atoms with Gasteiger partial charge in [0.05, 0.1) is 5.92 Å². The minimum Gasteiger partial charge on any atom is -0.481 e. The molecule has 0 bridgehead atoms. The van der Waals surface area contributed by atoms with Gasteiger partial charge in [0.25, 0.3) is 0 Å². The number of amides is 2. The third kappa shape index (κ3) is 3.96. The quantitative estimate of drug-likeness (QED) is 0.792. The van der Waals surface area contributed by atoms with Gasteiger partial charge in [0.2, 0.25) is 0 Å². The maximum atomic E-state index is 11.8. The van der Waals surface area contributed by atoms with E-state index in [1.807, 2.05) is 16.8 Å². The van der Waals surface area contributed by atoms with E-state index in [1.54, 1.807) is 11.3 Å². The molecule has 1 heterocycles. The van der Waals surface area contributed by atoms with E-state index >= 15 is 0 Å². The molecule has 1 aromatic heterocycles. The van der Waals surface area contributed by atoms with E-state index in [2.05, 4.69) is 10.6 Å². The van der Waals surface area contributed by atoms with E-state index in [-0.39, 0.29) is 12.1 Å². The Balaban J connectivity index is 1.81. The third-order valence-electron chi connectivity index (χ3n) is 3.43. The second-order valence-corrected chi connectivity index (χ2v) is 5.57. The fraction of sp³-hybridized carbons (Fsp3) is 0.538. The lowest BCUT2D eigenvalue weighted by Gasteiger charge is -2.29. The molecule has 2 atom stereocenters. The number of carboxylic acids is 1. The lowest BCUT2D eigenvalue weighted by molar-refractivity contribution is -0.143. The van der Waals surface area contributed by atoms with Crippen LogP contribution in [0.25, 0.3) is 0 Å². The number of hydrogen-bond acceptors (Lipinski definition) is 3. The van der Waals surface area contributed by atoms with Crippen molar-refractivity contribution in [3.63, 3.8) is 0 Å². The molecule has 0 saturated heterocycles. The summed E-state index contributed by atoms with van der Waals surface area (Å²) in [4.78, 5) is 22.9. The van der Waals surface area contributed by atoms with E-state index in [4.69, 9.17) is 5.11 Å². The van der Waals surface area contributed by atoms with Crippen LogP contribution in [0.2, 0.25) is 0 Å². The number of carboxylic acid groups (broad SMARTS) is 1. The van der Waals surface area contributed by atoms with Crippen LogP contribution in [0.15, 0.2) is 16.8 Å². The predicted octanol–water partition coefficient (Wildman–Crippen LogP) is 2.19. The summed E-state index contributed by atoms with van der Waals surface area (Å²) in [5.41, 5.74) is 1.05. The van der Waals surface area contributed by atoms with Gasteiger partial charge in [0, 0.05) is 12.6 Å². The van der Waals surface area contributed by atoms with Crippen molar-refractivity contribution in [2.24, 2.45) is 5.92 Å². The van der Waals surface area contributed by atoms with Gasteiger partial charge in [-0.15, -0.1) is 0 Å². The minimum absolute atomic E-state index is 0.256. The molecule has 5 nitrogen and oxygen atoms in total. The zero-order valence-electron chi connectivity index (χ0n) is 10.6. The van der Waals surface area contributed by atoms with E-state index in [0.29, 0.717) is 13.0 Å². The highest BCUT2D eigenvalue weighted by atomic mass is 32.1. The number of nitrogens with one attached hydrogen (secondary N) is 2. The van der Waals surface area contributed by atoms with Gasteiger partial charge in [-0.25, -0.2) is 4.79 Å². The van der Waals surface area contributed by atoms with Crippen LogP contribution in [-0.4, -0.2) is 23.1 Å². The molecule has 1 aromatic rings. The van der Waals surface area contributed by atoms with Crippen LogP contribution in [0, 0.1) is 5.92 Å². The van der Waals surface area contributed by atoms with E-state index in [1.165, 1.54) is 0 Å². The Morgan fingerprint density at radius 3 is 2.84 bits per heavy atom. The lowest BCUT2D eigenvalue weighted by atomic mass is 9.84. The Morgan fingerprint density at radius 2 is 2.16 bits per heavy atom.